The molecule has 2 heteroatoms. The van der Waals surface area contributed by atoms with Crippen LogP contribution in [0, 0.1) is 0 Å². The predicted octanol–water partition coefficient (Wildman–Crippen LogP) is 2.12. The van der Waals surface area contributed by atoms with E-state index in [0.717, 1.165) is 24.0 Å². The SMILES string of the molecule is CCC[n+]1ccc2c(N)cccc2c1. The maximum Gasteiger partial charge on any atom is 0.176 e. The molecule has 0 radical (unpaired) electrons. The molecule has 0 spiro atoms. The average molecular weight is 187 g/mol. The Morgan fingerprint density at radius 2 is 2.14 bits per heavy atom. The number of anilines is 1. The lowest BCUT2D eigenvalue weighted by Gasteiger charge is -2.00. The van der Waals surface area contributed by atoms with Gasteiger partial charge in [-0.25, -0.2) is 4.57 Å². The van der Waals surface area contributed by atoms with Crippen molar-refractivity contribution in [2.75, 3.05) is 5.73 Å². The molecule has 0 saturated heterocycles. The third kappa shape index (κ3) is 1.55. The average Bonchev–Trinajstić information content (AvgIpc) is 2.18. The Balaban J connectivity index is 2.56. The number of benzene rings is 1. The van der Waals surface area contributed by atoms with Gasteiger partial charge in [0.1, 0.15) is 6.54 Å². The Labute approximate surface area is 84.0 Å². The van der Waals surface area contributed by atoms with Crippen LogP contribution >= 0.6 is 0 Å². The number of rotatable bonds is 2. The van der Waals surface area contributed by atoms with Crippen molar-refractivity contribution >= 4 is 16.5 Å². The van der Waals surface area contributed by atoms with E-state index in [1.807, 2.05) is 12.1 Å². The summed E-state index contributed by atoms with van der Waals surface area (Å²) in [6, 6.07) is 8.11. The van der Waals surface area contributed by atoms with Crippen molar-refractivity contribution in [3.8, 4) is 0 Å². The molecule has 1 heterocycles. The number of nitrogens with zero attached hydrogens (tertiary/aromatic N) is 1. The lowest BCUT2D eigenvalue weighted by atomic mass is 10.1. The fourth-order valence-corrected chi connectivity index (χ4v) is 1.70. The number of nitrogen functional groups attached to an aromatic ring is 1. The van der Waals surface area contributed by atoms with Gasteiger partial charge in [-0.2, -0.15) is 0 Å². The molecule has 0 bridgehead atoms. The number of hydrogen-bond acceptors (Lipinski definition) is 1. The minimum atomic E-state index is 0.853. The van der Waals surface area contributed by atoms with E-state index >= 15 is 0 Å². The van der Waals surface area contributed by atoms with Crippen molar-refractivity contribution in [1.82, 2.24) is 0 Å². The second-order valence-corrected chi connectivity index (χ2v) is 3.53. The van der Waals surface area contributed by atoms with E-state index in [1.165, 1.54) is 5.39 Å². The van der Waals surface area contributed by atoms with Crippen LogP contribution in [0.1, 0.15) is 13.3 Å². The van der Waals surface area contributed by atoms with Crippen LogP contribution in [0.25, 0.3) is 10.8 Å². The molecule has 0 aliphatic heterocycles. The number of aromatic nitrogens is 1. The Hall–Kier alpha value is -1.57. The Kier molecular flexibility index (Phi) is 2.35. The molecular weight excluding hydrogens is 172 g/mol. The molecule has 0 aliphatic carbocycles. The van der Waals surface area contributed by atoms with Crippen LogP contribution in [0.4, 0.5) is 5.69 Å². The van der Waals surface area contributed by atoms with Crippen LogP contribution in [0.2, 0.25) is 0 Å². The van der Waals surface area contributed by atoms with E-state index in [4.69, 9.17) is 5.73 Å². The van der Waals surface area contributed by atoms with E-state index in [1.54, 1.807) is 0 Å². The largest absolute Gasteiger partial charge is 0.398 e. The van der Waals surface area contributed by atoms with Gasteiger partial charge in [0.2, 0.25) is 0 Å². The normalized spacial score (nSPS) is 10.6. The Bertz CT molecular complexity index is 449. The summed E-state index contributed by atoms with van der Waals surface area (Å²) in [6.07, 6.45) is 5.38. The summed E-state index contributed by atoms with van der Waals surface area (Å²) < 4.78 is 2.20. The van der Waals surface area contributed by atoms with Gasteiger partial charge in [0, 0.05) is 28.9 Å². The third-order valence-electron chi connectivity index (χ3n) is 2.39. The maximum atomic E-state index is 5.87. The van der Waals surface area contributed by atoms with Gasteiger partial charge in [-0.3, -0.25) is 0 Å². The molecule has 2 aromatic rings. The molecule has 1 aromatic heterocycles. The first-order valence-corrected chi connectivity index (χ1v) is 4.98. The summed E-state index contributed by atoms with van der Waals surface area (Å²) in [5.41, 5.74) is 6.72. The Morgan fingerprint density at radius 1 is 1.29 bits per heavy atom. The molecule has 0 unspecified atom stereocenters. The van der Waals surface area contributed by atoms with Crippen LogP contribution in [0.3, 0.4) is 0 Å². The zero-order chi connectivity index (χ0) is 9.97. The number of pyridine rings is 1. The van der Waals surface area contributed by atoms with Gasteiger partial charge in [0.25, 0.3) is 0 Å². The number of aryl methyl sites for hydroxylation is 1. The lowest BCUT2D eigenvalue weighted by molar-refractivity contribution is -0.695. The van der Waals surface area contributed by atoms with E-state index in [-0.39, 0.29) is 0 Å². The molecule has 0 aliphatic rings. The van der Waals surface area contributed by atoms with E-state index < -0.39 is 0 Å². The highest BCUT2D eigenvalue weighted by molar-refractivity contribution is 5.91. The molecular formula is C12H15N2+. The molecule has 2 N–H and O–H groups in total. The second kappa shape index (κ2) is 3.66. The molecule has 0 amide bonds. The summed E-state index contributed by atoms with van der Waals surface area (Å²) in [5, 5.41) is 2.35. The lowest BCUT2D eigenvalue weighted by Crippen LogP contribution is -2.32. The molecule has 2 rings (SSSR count). The molecule has 72 valence electrons. The van der Waals surface area contributed by atoms with Gasteiger partial charge in [0.15, 0.2) is 12.4 Å². The molecule has 0 fully saturated rings. The summed E-state index contributed by atoms with van der Waals surface area (Å²) in [6.45, 7) is 3.24. The molecule has 0 saturated carbocycles. The number of nitrogens with two attached hydrogens (primary N) is 1. The van der Waals surface area contributed by atoms with E-state index in [0.29, 0.717) is 0 Å². The monoisotopic (exact) mass is 187 g/mol. The van der Waals surface area contributed by atoms with Crippen molar-refractivity contribution in [1.29, 1.82) is 0 Å². The highest BCUT2D eigenvalue weighted by Crippen LogP contribution is 2.18. The van der Waals surface area contributed by atoms with Crippen LogP contribution in [-0.2, 0) is 6.54 Å². The van der Waals surface area contributed by atoms with Crippen molar-refractivity contribution in [2.45, 2.75) is 19.9 Å². The van der Waals surface area contributed by atoms with Gasteiger partial charge in [-0.1, -0.05) is 13.0 Å². The zero-order valence-electron chi connectivity index (χ0n) is 8.40. The van der Waals surface area contributed by atoms with E-state index in [2.05, 4.69) is 36.0 Å². The van der Waals surface area contributed by atoms with Crippen molar-refractivity contribution in [3.63, 3.8) is 0 Å². The van der Waals surface area contributed by atoms with Crippen LogP contribution in [0.5, 0.6) is 0 Å². The summed E-state index contributed by atoms with van der Waals surface area (Å²) in [4.78, 5) is 0. The van der Waals surface area contributed by atoms with Gasteiger partial charge >= 0.3 is 0 Å². The highest BCUT2D eigenvalue weighted by Gasteiger charge is 2.03. The summed E-state index contributed by atoms with van der Waals surface area (Å²) >= 11 is 0. The summed E-state index contributed by atoms with van der Waals surface area (Å²) in [7, 11) is 0. The first-order valence-electron chi connectivity index (χ1n) is 4.98. The standard InChI is InChI=1S/C12H15N2/c1-2-7-14-8-6-11-10(9-14)4-3-5-12(11)13/h3-6,8-9H,2,7,13H2,1H3/q+1. The van der Waals surface area contributed by atoms with Crippen LogP contribution in [0.15, 0.2) is 36.7 Å². The quantitative estimate of drug-likeness (QED) is 0.566. The van der Waals surface area contributed by atoms with Crippen LogP contribution < -0.4 is 10.3 Å². The topological polar surface area (TPSA) is 29.9 Å². The summed E-state index contributed by atoms with van der Waals surface area (Å²) in [5.74, 6) is 0. The molecule has 1 aromatic carbocycles. The van der Waals surface area contributed by atoms with Gasteiger partial charge in [0.05, 0.1) is 0 Å². The fraction of sp³-hybridized carbons (Fsp3) is 0.250. The molecule has 0 atom stereocenters. The van der Waals surface area contributed by atoms with Gasteiger partial charge in [-0.05, 0) is 12.1 Å². The van der Waals surface area contributed by atoms with Crippen LogP contribution in [-0.4, -0.2) is 0 Å². The zero-order valence-corrected chi connectivity index (χ0v) is 8.40. The predicted molar refractivity (Wildman–Crippen MR) is 58.8 cm³/mol. The minimum absolute atomic E-state index is 0.853. The van der Waals surface area contributed by atoms with E-state index in [9.17, 15) is 0 Å². The van der Waals surface area contributed by atoms with Crippen molar-refractivity contribution in [3.05, 3.63) is 36.7 Å². The number of hydrogen-bond donors (Lipinski definition) is 1. The molecule has 2 nitrogen and oxygen atoms in total. The van der Waals surface area contributed by atoms with Crippen molar-refractivity contribution < 1.29 is 4.57 Å². The first-order chi connectivity index (χ1) is 6.81. The smallest absolute Gasteiger partial charge is 0.176 e. The second-order valence-electron chi connectivity index (χ2n) is 3.53. The third-order valence-corrected chi connectivity index (χ3v) is 2.39. The van der Waals surface area contributed by atoms with Crippen molar-refractivity contribution in [2.24, 2.45) is 0 Å². The minimum Gasteiger partial charge on any atom is -0.398 e. The molecule has 14 heavy (non-hydrogen) atoms. The first kappa shape index (κ1) is 9.00. The fourth-order valence-electron chi connectivity index (χ4n) is 1.70. The maximum absolute atomic E-state index is 5.87. The Morgan fingerprint density at radius 3 is 2.93 bits per heavy atom. The van der Waals surface area contributed by atoms with Gasteiger partial charge < -0.3 is 5.73 Å². The number of fused-ring (bicyclic) bond motifs is 1. The van der Waals surface area contributed by atoms with Gasteiger partial charge in [-0.15, -0.1) is 0 Å². The highest BCUT2D eigenvalue weighted by atomic mass is 14.9.